The fourth-order valence-corrected chi connectivity index (χ4v) is 5.15. The lowest BCUT2D eigenvalue weighted by molar-refractivity contribution is -0.415. The molecule has 3 unspecified atom stereocenters. The highest BCUT2D eigenvalue weighted by atomic mass is 35.5. The standard InChI is InChI=1S/C31H38ClFN8O/c1-4-23(12-13-37-30(35)36)38-19(3)21-8-10-24(11-9-21)41-17-22-16-27(39-29(22)40-31(41)42)25-14-20(7-5-6-18(2)34)15-26(32)28(25)33/h4,8-11,14-19,23,38H,1,5-7,12-13,34H2,2-3H3,(H4,35,36,37)(H,39,40,42)/p+1. The number of halogens is 2. The van der Waals surface area contributed by atoms with Crippen LogP contribution in [-0.2, 0) is 6.42 Å². The van der Waals surface area contributed by atoms with Crippen molar-refractivity contribution in [3.05, 3.63) is 93.8 Å². The third-order valence-electron chi connectivity index (χ3n) is 7.20. The second-order valence-corrected chi connectivity index (χ2v) is 11.1. The number of rotatable bonds is 13. The average Bonchev–Trinajstić information content (AvgIpc) is 3.36. The van der Waals surface area contributed by atoms with Crippen molar-refractivity contribution in [1.29, 1.82) is 0 Å². The zero-order chi connectivity index (χ0) is 30.4. The Morgan fingerprint density at radius 2 is 1.98 bits per heavy atom. The maximum Gasteiger partial charge on any atom is 0.354 e. The molecule has 4 aromatic rings. The molecule has 0 saturated heterocycles. The van der Waals surface area contributed by atoms with Crippen molar-refractivity contribution in [3.63, 3.8) is 0 Å². The van der Waals surface area contributed by atoms with Crippen molar-refractivity contribution in [2.75, 3.05) is 6.54 Å². The summed E-state index contributed by atoms with van der Waals surface area (Å²) in [5.74, 6) is -0.447. The van der Waals surface area contributed by atoms with Crippen LogP contribution in [0.3, 0.4) is 0 Å². The predicted molar refractivity (Wildman–Crippen MR) is 168 cm³/mol. The summed E-state index contributed by atoms with van der Waals surface area (Å²) in [4.78, 5) is 24.3. The lowest BCUT2D eigenvalue weighted by atomic mass is 10.0. The summed E-state index contributed by atoms with van der Waals surface area (Å²) in [6, 6.07) is 13.3. The molecule has 0 fully saturated rings. The second kappa shape index (κ2) is 13.8. The Hall–Kier alpha value is -3.99. The second-order valence-electron chi connectivity index (χ2n) is 10.7. The van der Waals surface area contributed by atoms with Gasteiger partial charge >= 0.3 is 5.69 Å². The summed E-state index contributed by atoms with van der Waals surface area (Å²) >= 11 is 6.25. The van der Waals surface area contributed by atoms with Gasteiger partial charge in [0, 0.05) is 35.8 Å². The van der Waals surface area contributed by atoms with Gasteiger partial charge in [0.1, 0.15) is 5.65 Å². The molecule has 0 saturated carbocycles. The molecule has 2 aromatic carbocycles. The molecule has 9 nitrogen and oxygen atoms in total. The zero-order valence-corrected chi connectivity index (χ0v) is 24.8. The first-order valence-electron chi connectivity index (χ1n) is 14.0. The van der Waals surface area contributed by atoms with Crippen LogP contribution in [0.1, 0.15) is 50.3 Å². The number of nitrogens with two attached hydrogens (primary N) is 2. The number of fused-ring (bicyclic) bond motifs is 1. The number of benzene rings is 2. The van der Waals surface area contributed by atoms with Crippen LogP contribution in [0.5, 0.6) is 0 Å². The van der Waals surface area contributed by atoms with Crippen molar-refractivity contribution in [2.45, 2.75) is 57.7 Å². The summed E-state index contributed by atoms with van der Waals surface area (Å²) < 4.78 is 16.6. The van der Waals surface area contributed by atoms with Crippen molar-refractivity contribution < 1.29 is 10.1 Å². The van der Waals surface area contributed by atoms with E-state index in [0.717, 1.165) is 30.4 Å². The highest BCUT2D eigenvalue weighted by Gasteiger charge is 2.16. The normalized spacial score (nSPS) is 13.5. The highest BCUT2D eigenvalue weighted by molar-refractivity contribution is 6.31. The van der Waals surface area contributed by atoms with Gasteiger partial charge in [0.2, 0.25) is 0 Å². The van der Waals surface area contributed by atoms with Gasteiger partial charge in [-0.3, -0.25) is 9.56 Å². The lowest BCUT2D eigenvalue weighted by Crippen LogP contribution is -2.58. The minimum atomic E-state index is -0.513. The maximum atomic E-state index is 15.1. The van der Waals surface area contributed by atoms with E-state index in [1.807, 2.05) is 30.3 Å². The number of quaternary nitrogens is 1. The van der Waals surface area contributed by atoms with E-state index in [-0.39, 0.29) is 23.1 Å². The van der Waals surface area contributed by atoms with Crippen molar-refractivity contribution in [2.24, 2.45) is 16.5 Å². The van der Waals surface area contributed by atoms with Crippen molar-refractivity contribution in [3.8, 4) is 16.9 Å². The number of aliphatic imine (C=N–C) groups is 1. The van der Waals surface area contributed by atoms with Crippen LogP contribution < -0.4 is 28.2 Å². The molecule has 9 N–H and O–H groups in total. The molecule has 0 aliphatic rings. The minimum absolute atomic E-state index is 0.0188. The number of hydrogen-bond donors (Lipinski definition) is 5. The molecule has 0 bridgehead atoms. The molecular weight excluding hydrogens is 555 g/mol. The number of aromatic nitrogens is 3. The molecule has 2 aromatic heterocycles. The number of H-pyrrole nitrogens is 1. The number of aromatic amines is 1. The molecule has 0 spiro atoms. The van der Waals surface area contributed by atoms with Crippen LogP contribution in [0.15, 0.2) is 71.1 Å². The van der Waals surface area contributed by atoms with Gasteiger partial charge in [-0.1, -0.05) is 29.8 Å². The number of aryl methyl sites for hydroxylation is 1. The van der Waals surface area contributed by atoms with E-state index < -0.39 is 11.5 Å². The van der Waals surface area contributed by atoms with Crippen molar-refractivity contribution in [1.82, 2.24) is 19.9 Å². The Labute approximate surface area is 249 Å². The first kappa shape index (κ1) is 31.0. The van der Waals surface area contributed by atoms with Gasteiger partial charge in [0.15, 0.2) is 11.8 Å². The molecule has 2 heterocycles. The minimum Gasteiger partial charge on any atom is -0.370 e. The van der Waals surface area contributed by atoms with Crippen LogP contribution in [-0.4, -0.2) is 39.1 Å². The van der Waals surface area contributed by atoms with E-state index in [2.05, 4.69) is 46.4 Å². The van der Waals surface area contributed by atoms with Crippen LogP contribution >= 0.6 is 11.6 Å². The van der Waals surface area contributed by atoms with Gasteiger partial charge < -0.3 is 27.5 Å². The quantitative estimate of drug-likeness (QED) is 0.0900. The molecule has 222 valence electrons. The first-order chi connectivity index (χ1) is 20.0. The average molecular weight is 594 g/mol. The summed E-state index contributed by atoms with van der Waals surface area (Å²) in [5.41, 5.74) is 18.3. The number of hydrogen-bond acceptors (Lipinski definition) is 4. The third kappa shape index (κ3) is 7.64. The Morgan fingerprint density at radius 3 is 2.64 bits per heavy atom. The third-order valence-corrected chi connectivity index (χ3v) is 7.48. The smallest absolute Gasteiger partial charge is 0.354 e. The maximum absolute atomic E-state index is 15.1. The molecule has 3 atom stereocenters. The van der Waals surface area contributed by atoms with E-state index in [1.54, 1.807) is 24.4 Å². The molecular formula is C31H39ClFN8O+. The highest BCUT2D eigenvalue weighted by Crippen LogP contribution is 2.31. The number of guanidine groups is 1. The van der Waals surface area contributed by atoms with Gasteiger partial charge in [0.25, 0.3) is 0 Å². The topological polar surface area (TPSA) is 155 Å². The molecule has 0 aliphatic carbocycles. The molecule has 42 heavy (non-hydrogen) atoms. The van der Waals surface area contributed by atoms with E-state index in [4.69, 9.17) is 23.1 Å². The Kier molecular flexibility index (Phi) is 10.2. The predicted octanol–water partition coefficient (Wildman–Crippen LogP) is 4.00. The monoisotopic (exact) mass is 593 g/mol. The Morgan fingerprint density at radius 1 is 1.24 bits per heavy atom. The molecule has 0 aliphatic heterocycles. The summed E-state index contributed by atoms with van der Waals surface area (Å²) in [5, 5.41) is 4.24. The molecule has 0 amide bonds. The fourth-order valence-electron chi connectivity index (χ4n) is 4.91. The largest absolute Gasteiger partial charge is 0.370 e. The summed E-state index contributed by atoms with van der Waals surface area (Å²) in [6.07, 6.45) is 6.92. The Bertz CT molecular complexity index is 1620. The first-order valence-corrected chi connectivity index (χ1v) is 14.4. The van der Waals surface area contributed by atoms with Crippen LogP contribution in [0.25, 0.3) is 28.0 Å². The summed E-state index contributed by atoms with van der Waals surface area (Å²) in [7, 11) is 0. The van der Waals surface area contributed by atoms with Gasteiger partial charge in [-0.2, -0.15) is 4.98 Å². The van der Waals surface area contributed by atoms with Crippen LogP contribution in [0.2, 0.25) is 5.02 Å². The van der Waals surface area contributed by atoms with Gasteiger partial charge in [-0.05, 0) is 81.0 Å². The van der Waals surface area contributed by atoms with Crippen LogP contribution in [0, 0.1) is 5.82 Å². The van der Waals surface area contributed by atoms with E-state index in [9.17, 15) is 4.79 Å². The zero-order valence-electron chi connectivity index (χ0n) is 24.0. The van der Waals surface area contributed by atoms with Gasteiger partial charge in [-0.25, -0.2) is 9.18 Å². The molecule has 0 radical (unpaired) electrons. The molecule has 11 heteroatoms. The fraction of sp³-hybridized carbons (Fsp3) is 0.323. The van der Waals surface area contributed by atoms with Crippen LogP contribution in [0.4, 0.5) is 4.39 Å². The molecule has 4 rings (SSSR count). The SMILES string of the molecule is C=CC(CCN=C(N)N)NC(C)c1ccc(-n2cc3cc(-c4cc(CCCC(C)[NH3+])cc(Cl)c4F)[nH]c3nc2=O)cc1. The van der Waals surface area contributed by atoms with Crippen molar-refractivity contribution >= 4 is 28.6 Å². The Balaban J connectivity index is 1.55. The number of nitrogens with zero attached hydrogens (tertiary/aromatic N) is 3. The summed E-state index contributed by atoms with van der Waals surface area (Å²) in [6.45, 7) is 8.52. The van der Waals surface area contributed by atoms with E-state index in [1.165, 1.54) is 4.57 Å². The van der Waals surface area contributed by atoms with E-state index >= 15 is 4.39 Å². The van der Waals surface area contributed by atoms with Gasteiger partial charge in [-0.15, -0.1) is 6.58 Å². The van der Waals surface area contributed by atoms with E-state index in [0.29, 0.717) is 47.0 Å². The lowest BCUT2D eigenvalue weighted by Gasteiger charge is -2.21. The van der Waals surface area contributed by atoms with Gasteiger partial charge in [0.05, 0.1) is 22.4 Å². The number of nitrogens with one attached hydrogen (secondary N) is 2.